The molecule has 0 aliphatic carbocycles. The van der Waals surface area contributed by atoms with Crippen LogP contribution in [-0.4, -0.2) is 17.9 Å². The summed E-state index contributed by atoms with van der Waals surface area (Å²) in [6.07, 6.45) is 2.69. The highest BCUT2D eigenvalue weighted by atomic mass is 35.5. The summed E-state index contributed by atoms with van der Waals surface area (Å²) in [5.74, 6) is 0. The maximum atomic E-state index is 9.81. The predicted molar refractivity (Wildman–Crippen MR) is 58.7 cm³/mol. The third kappa shape index (κ3) is 1.86. The van der Waals surface area contributed by atoms with Crippen molar-refractivity contribution in [3.63, 3.8) is 0 Å². The van der Waals surface area contributed by atoms with Gasteiger partial charge in [-0.3, -0.25) is 0 Å². The fourth-order valence-electron chi connectivity index (χ4n) is 1.88. The van der Waals surface area contributed by atoms with Crippen molar-refractivity contribution in [1.29, 1.82) is 0 Å². The van der Waals surface area contributed by atoms with E-state index in [0.29, 0.717) is 5.02 Å². The third-order valence-corrected chi connectivity index (χ3v) is 2.95. The average molecular weight is 212 g/mol. The predicted octanol–water partition coefficient (Wildman–Crippen LogP) is 2.65. The van der Waals surface area contributed by atoms with Crippen LogP contribution in [0.5, 0.6) is 0 Å². The number of halogens is 1. The Morgan fingerprint density at radius 2 is 2.07 bits per heavy atom. The van der Waals surface area contributed by atoms with Crippen LogP contribution in [0.1, 0.15) is 19.3 Å². The van der Waals surface area contributed by atoms with E-state index in [1.54, 1.807) is 0 Å². The molecule has 0 bridgehead atoms. The van der Waals surface area contributed by atoms with E-state index >= 15 is 0 Å². The maximum Gasteiger partial charge on any atom is 0.126 e. The summed E-state index contributed by atoms with van der Waals surface area (Å²) in [5.41, 5.74) is 0.946. The fourth-order valence-corrected chi connectivity index (χ4v) is 2.12. The van der Waals surface area contributed by atoms with E-state index in [-0.39, 0.29) is 6.23 Å². The monoisotopic (exact) mass is 211 g/mol. The van der Waals surface area contributed by atoms with Gasteiger partial charge < -0.3 is 10.0 Å². The first-order valence-corrected chi connectivity index (χ1v) is 5.36. The van der Waals surface area contributed by atoms with E-state index in [1.807, 2.05) is 29.2 Å². The average Bonchev–Trinajstić information content (AvgIpc) is 2.20. The highest BCUT2D eigenvalue weighted by Gasteiger charge is 2.21. The van der Waals surface area contributed by atoms with Gasteiger partial charge in [0.15, 0.2) is 0 Å². The molecule has 1 N–H and O–H groups in total. The molecule has 0 radical (unpaired) electrons. The molecule has 2 nitrogen and oxygen atoms in total. The van der Waals surface area contributed by atoms with Gasteiger partial charge in [-0.1, -0.05) is 23.7 Å². The molecule has 1 aromatic rings. The quantitative estimate of drug-likeness (QED) is 0.772. The zero-order chi connectivity index (χ0) is 9.97. The first kappa shape index (κ1) is 9.81. The topological polar surface area (TPSA) is 23.5 Å². The van der Waals surface area contributed by atoms with Crippen LogP contribution in [-0.2, 0) is 0 Å². The number of piperidine rings is 1. The lowest BCUT2D eigenvalue weighted by Crippen LogP contribution is -2.39. The summed E-state index contributed by atoms with van der Waals surface area (Å²) in [5, 5.41) is 10.5. The molecule has 14 heavy (non-hydrogen) atoms. The van der Waals surface area contributed by atoms with Crippen LogP contribution in [0.15, 0.2) is 24.3 Å². The largest absolute Gasteiger partial charge is 0.374 e. The number of aliphatic hydroxyl groups excluding tert-OH is 1. The van der Waals surface area contributed by atoms with E-state index in [0.717, 1.165) is 31.5 Å². The molecule has 0 amide bonds. The van der Waals surface area contributed by atoms with Gasteiger partial charge in [-0.05, 0) is 31.4 Å². The molecule has 1 atom stereocenters. The maximum absolute atomic E-state index is 9.81. The van der Waals surface area contributed by atoms with Crippen molar-refractivity contribution in [3.8, 4) is 0 Å². The Morgan fingerprint density at radius 3 is 2.79 bits per heavy atom. The van der Waals surface area contributed by atoms with Crippen LogP contribution < -0.4 is 4.90 Å². The van der Waals surface area contributed by atoms with Crippen LogP contribution >= 0.6 is 11.6 Å². The summed E-state index contributed by atoms with van der Waals surface area (Å²) in [7, 11) is 0. The van der Waals surface area contributed by atoms with E-state index in [9.17, 15) is 5.11 Å². The summed E-state index contributed by atoms with van der Waals surface area (Å²) >= 11 is 6.07. The molecule has 1 aromatic carbocycles. The molecule has 0 spiro atoms. The third-order valence-electron chi connectivity index (χ3n) is 2.63. The summed E-state index contributed by atoms with van der Waals surface area (Å²) in [4.78, 5) is 1.98. The second-order valence-corrected chi connectivity index (χ2v) is 4.03. The van der Waals surface area contributed by atoms with Crippen molar-refractivity contribution >= 4 is 17.3 Å². The first-order chi connectivity index (χ1) is 6.79. The molecule has 1 aliphatic rings. The van der Waals surface area contributed by atoms with Crippen molar-refractivity contribution in [1.82, 2.24) is 0 Å². The highest BCUT2D eigenvalue weighted by Crippen LogP contribution is 2.29. The molecule has 0 aromatic heterocycles. The van der Waals surface area contributed by atoms with E-state index < -0.39 is 0 Å². The van der Waals surface area contributed by atoms with Crippen molar-refractivity contribution in [3.05, 3.63) is 29.3 Å². The second kappa shape index (κ2) is 4.20. The van der Waals surface area contributed by atoms with Crippen molar-refractivity contribution < 1.29 is 5.11 Å². The number of para-hydroxylation sites is 1. The lowest BCUT2D eigenvalue weighted by Gasteiger charge is -2.34. The Morgan fingerprint density at radius 1 is 1.29 bits per heavy atom. The molecule has 1 heterocycles. The molecule has 2 rings (SSSR count). The van der Waals surface area contributed by atoms with E-state index in [4.69, 9.17) is 11.6 Å². The Bertz CT molecular complexity index is 316. The molecular formula is C11H14ClNO. The van der Waals surface area contributed by atoms with E-state index in [1.165, 1.54) is 0 Å². The number of nitrogens with zero attached hydrogens (tertiary/aromatic N) is 1. The Labute approximate surface area is 89.1 Å². The van der Waals surface area contributed by atoms with Gasteiger partial charge in [0.25, 0.3) is 0 Å². The smallest absolute Gasteiger partial charge is 0.126 e. The normalized spacial score (nSPS) is 22.4. The molecule has 1 saturated heterocycles. The molecule has 0 saturated carbocycles. The Kier molecular flexibility index (Phi) is 2.94. The zero-order valence-corrected chi connectivity index (χ0v) is 8.74. The molecule has 1 unspecified atom stereocenters. The summed E-state index contributed by atoms with van der Waals surface area (Å²) < 4.78 is 0. The van der Waals surface area contributed by atoms with Crippen LogP contribution in [0.3, 0.4) is 0 Å². The Hall–Kier alpha value is -0.730. The number of hydrogen-bond acceptors (Lipinski definition) is 2. The van der Waals surface area contributed by atoms with Crippen molar-refractivity contribution in [2.24, 2.45) is 0 Å². The van der Waals surface area contributed by atoms with Crippen LogP contribution in [0.25, 0.3) is 0 Å². The van der Waals surface area contributed by atoms with Crippen molar-refractivity contribution in [2.75, 3.05) is 11.4 Å². The molecule has 76 valence electrons. The van der Waals surface area contributed by atoms with Gasteiger partial charge in [-0.15, -0.1) is 0 Å². The van der Waals surface area contributed by atoms with Crippen molar-refractivity contribution in [2.45, 2.75) is 25.5 Å². The molecule has 3 heteroatoms. The fraction of sp³-hybridized carbons (Fsp3) is 0.455. The minimum absolute atomic E-state index is 0.372. The molecule has 1 aliphatic heterocycles. The molecule has 1 fully saturated rings. The Balaban J connectivity index is 2.25. The van der Waals surface area contributed by atoms with Crippen LogP contribution in [0.2, 0.25) is 5.02 Å². The van der Waals surface area contributed by atoms with Gasteiger partial charge in [0.05, 0.1) is 10.7 Å². The molecular weight excluding hydrogens is 198 g/mol. The van der Waals surface area contributed by atoms with Gasteiger partial charge in [-0.25, -0.2) is 0 Å². The standard InChI is InChI=1S/C11H14ClNO/c12-9-5-1-2-6-10(9)13-8-4-3-7-11(13)14/h1-2,5-6,11,14H,3-4,7-8H2. The highest BCUT2D eigenvalue weighted by molar-refractivity contribution is 6.33. The number of benzene rings is 1. The minimum Gasteiger partial charge on any atom is -0.374 e. The van der Waals surface area contributed by atoms with Crippen LogP contribution in [0, 0.1) is 0 Å². The van der Waals surface area contributed by atoms with E-state index in [2.05, 4.69) is 0 Å². The van der Waals surface area contributed by atoms with Gasteiger partial charge in [0.1, 0.15) is 6.23 Å². The number of aliphatic hydroxyl groups is 1. The number of rotatable bonds is 1. The lowest BCUT2D eigenvalue weighted by molar-refractivity contribution is 0.140. The minimum atomic E-state index is -0.372. The number of anilines is 1. The van der Waals surface area contributed by atoms with Gasteiger partial charge >= 0.3 is 0 Å². The van der Waals surface area contributed by atoms with Crippen LogP contribution in [0.4, 0.5) is 5.69 Å². The number of hydrogen-bond donors (Lipinski definition) is 1. The zero-order valence-electron chi connectivity index (χ0n) is 7.99. The first-order valence-electron chi connectivity index (χ1n) is 4.98. The SMILES string of the molecule is OC1CCCCN1c1ccccc1Cl. The summed E-state index contributed by atoms with van der Waals surface area (Å²) in [6.45, 7) is 0.894. The van der Waals surface area contributed by atoms with Gasteiger partial charge in [0, 0.05) is 6.54 Å². The van der Waals surface area contributed by atoms with Gasteiger partial charge in [-0.2, -0.15) is 0 Å². The van der Waals surface area contributed by atoms with Gasteiger partial charge in [0.2, 0.25) is 0 Å². The summed E-state index contributed by atoms with van der Waals surface area (Å²) in [6, 6.07) is 7.67. The lowest BCUT2D eigenvalue weighted by atomic mass is 10.1. The second-order valence-electron chi connectivity index (χ2n) is 3.62.